The molecule has 0 saturated carbocycles. The van der Waals surface area contributed by atoms with Crippen LogP contribution in [0.4, 0.5) is 4.39 Å². The molecule has 0 fully saturated rings. The van der Waals surface area contributed by atoms with Gasteiger partial charge in [-0.1, -0.05) is 52.7 Å². The molecule has 0 saturated heterocycles. The van der Waals surface area contributed by atoms with Gasteiger partial charge in [0.25, 0.3) is 5.91 Å². The van der Waals surface area contributed by atoms with Gasteiger partial charge in [0, 0.05) is 18.9 Å². The van der Waals surface area contributed by atoms with Crippen molar-refractivity contribution in [3.8, 4) is 11.4 Å². The summed E-state index contributed by atoms with van der Waals surface area (Å²) in [6.07, 6.45) is 2.16. The number of hydrogen-bond acceptors (Lipinski definition) is 4. The smallest absolute Gasteiger partial charge is 0.272 e. The van der Waals surface area contributed by atoms with Crippen molar-refractivity contribution < 1.29 is 18.7 Å². The van der Waals surface area contributed by atoms with Crippen LogP contribution < -0.4 is 5.32 Å². The van der Waals surface area contributed by atoms with Crippen LogP contribution in [0.2, 0.25) is 0 Å². The number of imidazole rings is 1. The van der Waals surface area contributed by atoms with Gasteiger partial charge in [0.05, 0.1) is 30.5 Å². The van der Waals surface area contributed by atoms with Gasteiger partial charge in [-0.05, 0) is 30.9 Å². The molecule has 1 aromatic carbocycles. The molecule has 1 amide bonds. The summed E-state index contributed by atoms with van der Waals surface area (Å²) in [6, 6.07) is 4.22. The number of carbonyl (C=O) groups excluding carboxylic acids is 2. The highest BCUT2D eigenvalue weighted by molar-refractivity contribution is 5.98. The summed E-state index contributed by atoms with van der Waals surface area (Å²) < 4.78 is 22.2. The van der Waals surface area contributed by atoms with Gasteiger partial charge in [0.2, 0.25) is 0 Å². The van der Waals surface area contributed by atoms with Gasteiger partial charge in [0.15, 0.2) is 5.78 Å². The van der Waals surface area contributed by atoms with Crippen LogP contribution in [-0.4, -0.2) is 40.5 Å². The van der Waals surface area contributed by atoms with Crippen molar-refractivity contribution in [2.45, 2.75) is 73.4 Å². The zero-order valence-corrected chi connectivity index (χ0v) is 20.6. The van der Waals surface area contributed by atoms with Gasteiger partial charge < -0.3 is 14.6 Å². The molecule has 33 heavy (non-hydrogen) atoms. The maximum atomic E-state index is 14.7. The average molecular weight is 458 g/mol. The summed E-state index contributed by atoms with van der Waals surface area (Å²) in [4.78, 5) is 31.3. The molecule has 0 bridgehead atoms. The van der Waals surface area contributed by atoms with E-state index in [1.807, 2.05) is 46.1 Å². The third-order valence-electron chi connectivity index (χ3n) is 6.23. The molecular weight excluding hydrogens is 421 g/mol. The number of amides is 1. The van der Waals surface area contributed by atoms with Gasteiger partial charge in [-0.3, -0.25) is 9.59 Å². The Morgan fingerprint density at radius 3 is 2.67 bits per heavy atom. The number of hydrogen-bond donors (Lipinski definition) is 1. The average Bonchev–Trinajstić information content (AvgIpc) is 2.93. The number of ether oxygens (including phenoxy) is 1. The second-order valence-electron chi connectivity index (χ2n) is 10.1. The van der Waals surface area contributed by atoms with Gasteiger partial charge in [0.1, 0.15) is 17.3 Å². The SMILES string of the molecule is CCCC(C)C(=O)C(NC(=O)c1nc(-c2cc(C)ccc2F)n2c1CCOCC2)C(C)(C)C. The summed E-state index contributed by atoms with van der Waals surface area (Å²) >= 11 is 0. The number of Topliss-reactive ketones (excluding diaryl/α,β-unsaturated/α-hetero) is 1. The Morgan fingerprint density at radius 2 is 2.00 bits per heavy atom. The Morgan fingerprint density at radius 1 is 1.27 bits per heavy atom. The molecular formula is C26H36FN3O3. The lowest BCUT2D eigenvalue weighted by Gasteiger charge is -2.32. The van der Waals surface area contributed by atoms with E-state index < -0.39 is 17.4 Å². The van der Waals surface area contributed by atoms with Crippen LogP contribution in [0.5, 0.6) is 0 Å². The predicted octanol–water partition coefficient (Wildman–Crippen LogP) is 4.72. The zero-order valence-electron chi connectivity index (χ0n) is 20.6. The monoisotopic (exact) mass is 457 g/mol. The van der Waals surface area contributed by atoms with Crippen LogP contribution in [0.1, 0.15) is 69.2 Å². The highest BCUT2D eigenvalue weighted by Gasteiger charge is 2.36. The van der Waals surface area contributed by atoms with Crippen LogP contribution in [-0.2, 0) is 22.5 Å². The third kappa shape index (κ3) is 5.52. The molecule has 2 aromatic rings. The zero-order chi connectivity index (χ0) is 24.3. The van der Waals surface area contributed by atoms with Crippen LogP contribution >= 0.6 is 0 Å². The number of fused-ring (bicyclic) bond motifs is 1. The lowest BCUT2D eigenvalue weighted by atomic mass is 9.79. The quantitative estimate of drug-likeness (QED) is 0.653. The van der Waals surface area contributed by atoms with Gasteiger partial charge >= 0.3 is 0 Å². The Kier molecular flexibility index (Phi) is 7.73. The van der Waals surface area contributed by atoms with E-state index in [2.05, 4.69) is 10.3 Å². The summed E-state index contributed by atoms with van der Waals surface area (Å²) in [5.74, 6) is -0.501. The lowest BCUT2D eigenvalue weighted by Crippen LogP contribution is -2.51. The number of benzene rings is 1. The Hall–Kier alpha value is -2.54. The normalized spacial score (nSPS) is 16.0. The Labute approximate surface area is 195 Å². The van der Waals surface area contributed by atoms with E-state index in [1.165, 1.54) is 6.07 Å². The number of nitrogens with one attached hydrogen (secondary N) is 1. The second kappa shape index (κ2) is 10.2. The Balaban J connectivity index is 2.03. The summed E-state index contributed by atoms with van der Waals surface area (Å²) in [5.41, 5.74) is 1.75. The maximum absolute atomic E-state index is 14.7. The standard InChI is InChI=1S/C26H36FN3O3/c1-7-8-17(3)22(31)23(26(4,5)6)29-25(32)21-20-11-13-33-14-12-30(20)24(28-21)18-15-16(2)9-10-19(18)27/h9-10,15,17,23H,7-8,11-14H2,1-6H3,(H,29,32). The molecule has 1 aromatic heterocycles. The minimum atomic E-state index is -0.648. The largest absolute Gasteiger partial charge is 0.379 e. The lowest BCUT2D eigenvalue weighted by molar-refractivity contribution is -0.126. The minimum Gasteiger partial charge on any atom is -0.379 e. The molecule has 180 valence electrons. The number of rotatable bonds is 7. The van der Waals surface area contributed by atoms with Gasteiger partial charge in [-0.15, -0.1) is 0 Å². The summed E-state index contributed by atoms with van der Waals surface area (Å²) in [6.45, 7) is 13.1. The van der Waals surface area contributed by atoms with Crippen molar-refractivity contribution >= 4 is 11.7 Å². The first-order chi connectivity index (χ1) is 15.5. The van der Waals surface area contributed by atoms with Crippen molar-refractivity contribution in [3.63, 3.8) is 0 Å². The first-order valence-corrected chi connectivity index (χ1v) is 11.8. The molecule has 1 aliphatic rings. The second-order valence-corrected chi connectivity index (χ2v) is 10.1. The number of halogens is 1. The van der Waals surface area contributed by atoms with Crippen LogP contribution in [0.15, 0.2) is 18.2 Å². The molecule has 7 heteroatoms. The van der Waals surface area contributed by atoms with Crippen molar-refractivity contribution in [1.82, 2.24) is 14.9 Å². The van der Waals surface area contributed by atoms with E-state index in [1.54, 1.807) is 12.1 Å². The molecule has 3 rings (SSSR count). The highest BCUT2D eigenvalue weighted by atomic mass is 19.1. The van der Waals surface area contributed by atoms with E-state index >= 15 is 0 Å². The van der Waals surface area contributed by atoms with Crippen LogP contribution in [0, 0.1) is 24.1 Å². The van der Waals surface area contributed by atoms with Crippen LogP contribution in [0.25, 0.3) is 11.4 Å². The van der Waals surface area contributed by atoms with E-state index in [0.29, 0.717) is 43.3 Å². The van der Waals surface area contributed by atoms with Gasteiger partial charge in [-0.2, -0.15) is 0 Å². The van der Waals surface area contributed by atoms with Crippen molar-refractivity contribution in [3.05, 3.63) is 41.0 Å². The molecule has 6 nitrogen and oxygen atoms in total. The third-order valence-corrected chi connectivity index (χ3v) is 6.23. The molecule has 2 atom stereocenters. The Bertz CT molecular complexity index is 1020. The first-order valence-electron chi connectivity index (χ1n) is 11.8. The predicted molar refractivity (Wildman–Crippen MR) is 127 cm³/mol. The number of ketones is 1. The summed E-state index contributed by atoms with van der Waals surface area (Å²) in [5, 5.41) is 2.97. The van der Waals surface area contributed by atoms with E-state index in [9.17, 15) is 14.0 Å². The highest BCUT2D eigenvalue weighted by Crippen LogP contribution is 2.29. The van der Waals surface area contributed by atoms with E-state index in [-0.39, 0.29) is 23.2 Å². The number of aromatic nitrogens is 2. The fourth-order valence-corrected chi connectivity index (χ4v) is 4.38. The van der Waals surface area contributed by atoms with E-state index in [0.717, 1.165) is 18.4 Å². The number of carbonyl (C=O) groups is 2. The fraction of sp³-hybridized carbons (Fsp3) is 0.577. The maximum Gasteiger partial charge on any atom is 0.272 e. The molecule has 2 heterocycles. The topological polar surface area (TPSA) is 73.2 Å². The number of nitrogens with zero attached hydrogens (tertiary/aromatic N) is 2. The fourth-order valence-electron chi connectivity index (χ4n) is 4.38. The van der Waals surface area contributed by atoms with E-state index in [4.69, 9.17) is 4.74 Å². The van der Waals surface area contributed by atoms with Gasteiger partial charge in [-0.25, -0.2) is 9.37 Å². The molecule has 1 N–H and O–H groups in total. The number of aryl methyl sites for hydroxylation is 1. The molecule has 0 radical (unpaired) electrons. The minimum absolute atomic E-state index is 0.0243. The molecule has 1 aliphatic heterocycles. The van der Waals surface area contributed by atoms with Crippen LogP contribution in [0.3, 0.4) is 0 Å². The van der Waals surface area contributed by atoms with Crippen molar-refractivity contribution in [2.24, 2.45) is 11.3 Å². The molecule has 0 spiro atoms. The summed E-state index contributed by atoms with van der Waals surface area (Å²) in [7, 11) is 0. The molecule has 2 unspecified atom stereocenters. The van der Waals surface area contributed by atoms with Crippen molar-refractivity contribution in [2.75, 3.05) is 13.2 Å². The van der Waals surface area contributed by atoms with Crippen molar-refractivity contribution in [1.29, 1.82) is 0 Å². The molecule has 0 aliphatic carbocycles. The first kappa shape index (κ1) is 25.1.